The molecule has 0 unspecified atom stereocenters. The van der Waals surface area contributed by atoms with Crippen LogP contribution < -0.4 is 10.6 Å². The van der Waals surface area contributed by atoms with Crippen molar-refractivity contribution in [3.05, 3.63) is 51.8 Å². The smallest absolute Gasteiger partial charge is 0.305 e. The van der Waals surface area contributed by atoms with Crippen LogP contribution in [0, 0.1) is 25.5 Å². The topological polar surface area (TPSA) is 152 Å². The van der Waals surface area contributed by atoms with Crippen molar-refractivity contribution in [3.63, 3.8) is 0 Å². The fraction of sp³-hybridized carbons (Fsp3) is 0.286. The van der Waals surface area contributed by atoms with Gasteiger partial charge in [0.05, 0.1) is 29.3 Å². The van der Waals surface area contributed by atoms with Gasteiger partial charge in [0, 0.05) is 23.4 Å². The number of amides is 2. The fourth-order valence-corrected chi connectivity index (χ4v) is 3.59. The van der Waals surface area contributed by atoms with Crippen LogP contribution in [-0.4, -0.2) is 50.4 Å². The number of carbonyl (C=O) groups excluding carboxylic acids is 2. The molecule has 1 aromatic heterocycles. The van der Waals surface area contributed by atoms with Crippen molar-refractivity contribution in [2.45, 2.75) is 39.0 Å². The number of nitrogens with one attached hydrogen (secondary N) is 3. The predicted molar refractivity (Wildman–Crippen MR) is 109 cm³/mol. The Bertz CT molecular complexity index is 1140. The highest BCUT2D eigenvalue weighted by Gasteiger charge is 2.30. The van der Waals surface area contributed by atoms with Crippen molar-refractivity contribution >= 4 is 35.1 Å². The summed E-state index contributed by atoms with van der Waals surface area (Å²) in [6.07, 6.45) is -2.53. The largest absolute Gasteiger partial charge is 0.481 e. The van der Waals surface area contributed by atoms with Crippen molar-refractivity contribution < 1.29 is 38.5 Å². The lowest BCUT2D eigenvalue weighted by Crippen LogP contribution is -2.38. The number of carbonyl (C=O) groups is 3. The van der Waals surface area contributed by atoms with Crippen molar-refractivity contribution in [3.8, 4) is 0 Å². The molecule has 32 heavy (non-hydrogen) atoms. The molecular formula is C21H21F2N3O6. The number of anilines is 1. The summed E-state index contributed by atoms with van der Waals surface area (Å²) in [6, 6.07) is 2.15. The van der Waals surface area contributed by atoms with Crippen LogP contribution in [0.5, 0.6) is 0 Å². The third-order valence-electron chi connectivity index (χ3n) is 5.05. The fourth-order valence-electron chi connectivity index (χ4n) is 3.59. The molecular weight excluding hydrogens is 428 g/mol. The van der Waals surface area contributed by atoms with Crippen molar-refractivity contribution in [2.75, 3.05) is 5.32 Å². The highest BCUT2D eigenvalue weighted by molar-refractivity contribution is 6.35. The second-order valence-electron chi connectivity index (χ2n) is 7.44. The molecule has 1 aliphatic rings. The highest BCUT2D eigenvalue weighted by Crippen LogP contribution is 2.36. The molecule has 2 aromatic rings. The molecule has 1 aromatic carbocycles. The lowest BCUT2D eigenvalue weighted by Gasteiger charge is -2.16. The molecule has 0 aliphatic carbocycles. The van der Waals surface area contributed by atoms with Crippen molar-refractivity contribution in [2.24, 2.45) is 0 Å². The number of halogens is 2. The van der Waals surface area contributed by atoms with Gasteiger partial charge in [0.2, 0.25) is 0 Å². The Hall–Kier alpha value is -3.57. The molecule has 2 atom stereocenters. The number of fused-ring (bicyclic) bond motifs is 1. The maximum Gasteiger partial charge on any atom is 0.305 e. The van der Waals surface area contributed by atoms with Crippen LogP contribution in [0.3, 0.4) is 0 Å². The number of carboxylic acids is 1. The maximum absolute atomic E-state index is 14.3. The first kappa shape index (κ1) is 23.1. The van der Waals surface area contributed by atoms with Gasteiger partial charge < -0.3 is 30.9 Å². The molecule has 0 saturated heterocycles. The number of H-pyrrole nitrogens is 1. The van der Waals surface area contributed by atoms with Gasteiger partial charge in [-0.1, -0.05) is 0 Å². The summed E-state index contributed by atoms with van der Waals surface area (Å²) in [5, 5.41) is 32.9. The van der Waals surface area contributed by atoms with Gasteiger partial charge in [-0.05, 0) is 37.6 Å². The summed E-state index contributed by atoms with van der Waals surface area (Å²) in [7, 11) is 0. The first-order valence-electron chi connectivity index (χ1n) is 9.59. The summed E-state index contributed by atoms with van der Waals surface area (Å²) in [4.78, 5) is 38.4. The van der Waals surface area contributed by atoms with E-state index in [0.717, 1.165) is 6.07 Å². The Kier molecular flexibility index (Phi) is 6.42. The third-order valence-corrected chi connectivity index (χ3v) is 5.05. The van der Waals surface area contributed by atoms with E-state index in [1.54, 1.807) is 13.8 Å². The number of hydrogen-bond acceptors (Lipinski definition) is 5. The summed E-state index contributed by atoms with van der Waals surface area (Å²) in [5.74, 6) is -4.87. The van der Waals surface area contributed by atoms with Crippen LogP contribution in [-0.2, 0) is 9.59 Å². The van der Waals surface area contributed by atoms with Crippen LogP contribution in [0.25, 0.3) is 11.6 Å². The number of aliphatic carboxylic acids is 1. The molecule has 11 heteroatoms. The molecule has 1 aliphatic heterocycles. The Labute approximate surface area is 180 Å². The number of rotatable bonds is 7. The summed E-state index contributed by atoms with van der Waals surface area (Å²) >= 11 is 0. The second kappa shape index (κ2) is 8.89. The Morgan fingerprint density at radius 1 is 1.22 bits per heavy atom. The third kappa shape index (κ3) is 4.53. The first-order valence-corrected chi connectivity index (χ1v) is 9.59. The van der Waals surface area contributed by atoms with Crippen LogP contribution >= 0.6 is 0 Å². The molecule has 6 N–H and O–H groups in total. The Morgan fingerprint density at radius 2 is 1.91 bits per heavy atom. The van der Waals surface area contributed by atoms with E-state index < -0.39 is 48.2 Å². The monoisotopic (exact) mass is 449 g/mol. The number of aromatic amines is 1. The van der Waals surface area contributed by atoms with E-state index in [9.17, 15) is 33.4 Å². The zero-order valence-electron chi connectivity index (χ0n) is 17.1. The Balaban J connectivity index is 1.86. The first-order chi connectivity index (χ1) is 15.0. The van der Waals surface area contributed by atoms with Crippen LogP contribution in [0.1, 0.15) is 45.7 Å². The van der Waals surface area contributed by atoms with Gasteiger partial charge in [-0.25, -0.2) is 8.78 Å². The number of hydrogen-bond donors (Lipinski definition) is 6. The molecule has 0 fully saturated rings. The molecule has 0 bridgehead atoms. The van der Waals surface area contributed by atoms with E-state index in [4.69, 9.17) is 5.11 Å². The number of aryl methyl sites for hydroxylation is 1. The molecule has 2 amide bonds. The van der Waals surface area contributed by atoms with Gasteiger partial charge in [0.1, 0.15) is 6.23 Å². The minimum atomic E-state index is -1.50. The Morgan fingerprint density at radius 3 is 2.56 bits per heavy atom. The minimum absolute atomic E-state index is 0.120. The standard InChI is InChI=1S/C21H21F2N3O6/c1-8-14(7-11-18-13(25-20(11)31)4-3-12(22)19(18)23)24-9(2)17(8)21(32)26-15(28)5-10(27)6-16(29)30/h3-4,7,10,15,24,27-28H,5-6H2,1-2H3,(H,25,31)(H,26,32)(H,29,30)/t10-,15+/m1/s1. The van der Waals surface area contributed by atoms with Crippen molar-refractivity contribution in [1.82, 2.24) is 10.3 Å². The summed E-state index contributed by atoms with van der Waals surface area (Å²) in [5.41, 5.74) is 0.992. The summed E-state index contributed by atoms with van der Waals surface area (Å²) in [6.45, 7) is 3.13. The highest BCUT2D eigenvalue weighted by atomic mass is 19.2. The normalized spacial score (nSPS) is 15.9. The van der Waals surface area contributed by atoms with Gasteiger partial charge in [0.15, 0.2) is 11.6 Å². The second-order valence-corrected chi connectivity index (χ2v) is 7.44. The molecule has 170 valence electrons. The maximum atomic E-state index is 14.3. The minimum Gasteiger partial charge on any atom is -0.481 e. The zero-order chi connectivity index (χ0) is 23.7. The van der Waals surface area contributed by atoms with E-state index in [-0.39, 0.29) is 28.8 Å². The number of benzene rings is 1. The number of aromatic nitrogens is 1. The van der Waals surface area contributed by atoms with Gasteiger partial charge in [0.25, 0.3) is 11.8 Å². The van der Waals surface area contributed by atoms with Crippen LogP contribution in [0.4, 0.5) is 14.5 Å². The number of carboxylic acid groups (broad SMARTS) is 1. The quantitative estimate of drug-likeness (QED) is 0.279. The SMILES string of the molecule is Cc1[nH]c(C=C2C(=O)Nc3ccc(F)c(F)c32)c(C)c1C(=O)N[C@@H](O)C[C@@H](O)CC(=O)O. The van der Waals surface area contributed by atoms with Gasteiger partial charge >= 0.3 is 5.97 Å². The van der Waals surface area contributed by atoms with E-state index in [1.165, 1.54) is 12.1 Å². The summed E-state index contributed by atoms with van der Waals surface area (Å²) < 4.78 is 28.0. The predicted octanol–water partition coefficient (Wildman–Crippen LogP) is 1.68. The van der Waals surface area contributed by atoms with Gasteiger partial charge in [-0.3, -0.25) is 14.4 Å². The van der Waals surface area contributed by atoms with E-state index in [0.29, 0.717) is 17.0 Å². The van der Waals surface area contributed by atoms with E-state index in [1.807, 2.05) is 0 Å². The van der Waals surface area contributed by atoms with Gasteiger partial charge in [-0.15, -0.1) is 0 Å². The number of aliphatic hydroxyl groups is 2. The molecule has 0 saturated carbocycles. The van der Waals surface area contributed by atoms with Crippen LogP contribution in [0.2, 0.25) is 0 Å². The molecule has 3 rings (SSSR count). The number of aliphatic hydroxyl groups excluding tert-OH is 2. The van der Waals surface area contributed by atoms with E-state index >= 15 is 0 Å². The van der Waals surface area contributed by atoms with E-state index in [2.05, 4.69) is 15.6 Å². The average Bonchev–Trinajstić information content (AvgIpc) is 3.13. The zero-order valence-corrected chi connectivity index (χ0v) is 17.1. The lowest BCUT2D eigenvalue weighted by molar-refractivity contribution is -0.139. The van der Waals surface area contributed by atoms with Crippen molar-refractivity contribution in [1.29, 1.82) is 0 Å². The molecule has 0 spiro atoms. The molecule has 2 heterocycles. The lowest BCUT2D eigenvalue weighted by atomic mass is 10.0. The molecule has 0 radical (unpaired) electrons. The average molecular weight is 449 g/mol. The van der Waals surface area contributed by atoms with Crippen LogP contribution in [0.15, 0.2) is 12.1 Å². The molecule has 9 nitrogen and oxygen atoms in total. The van der Waals surface area contributed by atoms with Gasteiger partial charge in [-0.2, -0.15) is 0 Å².